The maximum absolute atomic E-state index is 11.5. The molecule has 0 unspecified atom stereocenters. The lowest BCUT2D eigenvalue weighted by Crippen LogP contribution is -2.52. The fourth-order valence-electron chi connectivity index (χ4n) is 3.48. The van der Waals surface area contributed by atoms with Crippen molar-refractivity contribution in [1.82, 2.24) is 15.1 Å². The number of hydrogen-bond acceptors (Lipinski definition) is 5. The molecule has 0 radical (unpaired) electrons. The van der Waals surface area contributed by atoms with Gasteiger partial charge in [0, 0.05) is 45.5 Å². The molecule has 1 N–H and O–H groups in total. The number of aliphatic imine (C=N–C) groups is 1. The molecule has 0 amide bonds. The van der Waals surface area contributed by atoms with Crippen LogP contribution in [0.1, 0.15) is 12.5 Å². The van der Waals surface area contributed by atoms with Crippen molar-refractivity contribution >= 4 is 15.8 Å². The first-order valence-corrected chi connectivity index (χ1v) is 12.6. The normalized spacial score (nSPS) is 15.7. The molecular weight excluding hydrogens is 412 g/mol. The van der Waals surface area contributed by atoms with Gasteiger partial charge in [-0.1, -0.05) is 30.3 Å². The highest BCUT2D eigenvalue weighted by molar-refractivity contribution is 7.90. The van der Waals surface area contributed by atoms with E-state index >= 15 is 0 Å². The lowest BCUT2D eigenvalue weighted by Gasteiger charge is -2.36. The molecule has 0 spiro atoms. The van der Waals surface area contributed by atoms with Crippen LogP contribution < -0.4 is 10.1 Å². The van der Waals surface area contributed by atoms with Gasteiger partial charge in [-0.3, -0.25) is 4.90 Å². The Labute approximate surface area is 185 Å². The first-order chi connectivity index (χ1) is 15.0. The van der Waals surface area contributed by atoms with E-state index in [4.69, 9.17) is 9.73 Å². The smallest absolute Gasteiger partial charge is 0.194 e. The van der Waals surface area contributed by atoms with Gasteiger partial charge in [-0.25, -0.2) is 13.4 Å². The quantitative estimate of drug-likeness (QED) is 0.382. The van der Waals surface area contributed by atoms with Crippen LogP contribution in [0.25, 0.3) is 0 Å². The van der Waals surface area contributed by atoms with Gasteiger partial charge < -0.3 is 15.0 Å². The second-order valence-electron chi connectivity index (χ2n) is 7.58. The summed E-state index contributed by atoms with van der Waals surface area (Å²) in [4.78, 5) is 9.77. The van der Waals surface area contributed by atoms with Crippen LogP contribution in [-0.4, -0.2) is 76.3 Å². The van der Waals surface area contributed by atoms with E-state index in [0.29, 0.717) is 23.8 Å². The van der Waals surface area contributed by atoms with Crippen molar-refractivity contribution in [3.63, 3.8) is 0 Å². The van der Waals surface area contributed by atoms with Gasteiger partial charge >= 0.3 is 0 Å². The molecule has 3 rings (SSSR count). The highest BCUT2D eigenvalue weighted by Crippen LogP contribution is 2.15. The maximum Gasteiger partial charge on any atom is 0.194 e. The Hall–Kier alpha value is -2.58. The summed E-state index contributed by atoms with van der Waals surface area (Å²) in [6, 6.07) is 17.1. The molecule has 2 aromatic carbocycles. The van der Waals surface area contributed by atoms with E-state index in [9.17, 15) is 8.42 Å². The Morgan fingerprint density at radius 3 is 2.32 bits per heavy atom. The molecule has 0 aliphatic carbocycles. The molecule has 0 aromatic heterocycles. The largest absolute Gasteiger partial charge is 0.492 e. The van der Waals surface area contributed by atoms with Crippen molar-refractivity contribution in [2.45, 2.75) is 18.4 Å². The van der Waals surface area contributed by atoms with Gasteiger partial charge in [0.2, 0.25) is 0 Å². The molecular formula is C23H32N4O3S. The summed E-state index contributed by atoms with van der Waals surface area (Å²) in [5.74, 6) is 1.56. The highest BCUT2D eigenvalue weighted by atomic mass is 32.2. The van der Waals surface area contributed by atoms with E-state index in [0.717, 1.165) is 45.2 Å². The first kappa shape index (κ1) is 23.1. The van der Waals surface area contributed by atoms with E-state index < -0.39 is 9.84 Å². The minimum atomic E-state index is -3.19. The number of hydrogen-bond donors (Lipinski definition) is 1. The minimum absolute atomic E-state index is 0.290. The van der Waals surface area contributed by atoms with Crippen molar-refractivity contribution in [3.05, 3.63) is 60.2 Å². The fourth-order valence-corrected chi connectivity index (χ4v) is 4.11. The van der Waals surface area contributed by atoms with Crippen LogP contribution in [0.4, 0.5) is 0 Å². The first-order valence-electron chi connectivity index (χ1n) is 10.7. The van der Waals surface area contributed by atoms with Crippen LogP contribution in [0.5, 0.6) is 5.75 Å². The van der Waals surface area contributed by atoms with E-state index in [1.165, 1.54) is 11.8 Å². The van der Waals surface area contributed by atoms with Crippen molar-refractivity contribution in [3.8, 4) is 5.75 Å². The Bertz CT molecular complexity index is 939. The van der Waals surface area contributed by atoms with Gasteiger partial charge in [0.25, 0.3) is 0 Å². The number of ether oxygens (including phenoxy) is 1. The monoisotopic (exact) mass is 444 g/mol. The summed E-state index contributed by atoms with van der Waals surface area (Å²) in [5.41, 5.74) is 1.35. The third-order valence-corrected chi connectivity index (χ3v) is 6.26. The van der Waals surface area contributed by atoms with Gasteiger partial charge in [-0.2, -0.15) is 0 Å². The van der Waals surface area contributed by atoms with Gasteiger partial charge in [0.05, 0.1) is 11.4 Å². The summed E-state index contributed by atoms with van der Waals surface area (Å²) in [6.45, 7) is 8.71. The average Bonchev–Trinajstić information content (AvgIpc) is 2.77. The Balaban J connectivity index is 1.46. The lowest BCUT2D eigenvalue weighted by atomic mass is 10.2. The molecule has 1 saturated heterocycles. The van der Waals surface area contributed by atoms with Crippen molar-refractivity contribution in [1.29, 1.82) is 0 Å². The summed E-state index contributed by atoms with van der Waals surface area (Å²) in [7, 11) is -3.19. The van der Waals surface area contributed by atoms with Crippen LogP contribution >= 0.6 is 0 Å². The second-order valence-corrected chi connectivity index (χ2v) is 9.59. The van der Waals surface area contributed by atoms with E-state index in [1.54, 1.807) is 24.3 Å². The SMILES string of the molecule is CCNC(=NCCOc1ccc(S(C)(=O)=O)cc1)N1CCN(Cc2ccccc2)CC1. The molecule has 2 aromatic rings. The van der Waals surface area contributed by atoms with Crippen LogP contribution in [0.15, 0.2) is 64.5 Å². The number of nitrogens with zero attached hydrogens (tertiary/aromatic N) is 3. The van der Waals surface area contributed by atoms with Gasteiger partial charge in [-0.15, -0.1) is 0 Å². The van der Waals surface area contributed by atoms with Crippen LogP contribution in [0, 0.1) is 0 Å². The van der Waals surface area contributed by atoms with Gasteiger partial charge in [-0.05, 0) is 36.8 Å². The Morgan fingerprint density at radius 2 is 1.71 bits per heavy atom. The number of sulfone groups is 1. The minimum Gasteiger partial charge on any atom is -0.492 e. The van der Waals surface area contributed by atoms with Gasteiger partial charge in [0.1, 0.15) is 12.4 Å². The van der Waals surface area contributed by atoms with E-state index in [1.807, 2.05) is 0 Å². The molecule has 7 nitrogen and oxygen atoms in total. The zero-order valence-electron chi connectivity index (χ0n) is 18.3. The number of rotatable bonds is 8. The standard InChI is InChI=1S/C23H32N4O3S/c1-3-24-23(25-13-18-30-21-9-11-22(12-10-21)31(2,28)29)27-16-14-26(15-17-27)19-20-7-5-4-6-8-20/h4-12H,3,13-19H2,1-2H3,(H,24,25). The molecule has 0 bridgehead atoms. The fraction of sp³-hybridized carbons (Fsp3) is 0.435. The topological polar surface area (TPSA) is 74.2 Å². The van der Waals surface area contributed by atoms with Crippen molar-refractivity contribution < 1.29 is 13.2 Å². The van der Waals surface area contributed by atoms with Gasteiger partial charge in [0.15, 0.2) is 15.8 Å². The third-order valence-electron chi connectivity index (χ3n) is 5.13. The second kappa shape index (κ2) is 11.2. The molecule has 1 fully saturated rings. The summed E-state index contributed by atoms with van der Waals surface area (Å²) < 4.78 is 28.8. The summed E-state index contributed by atoms with van der Waals surface area (Å²) in [5, 5.41) is 3.37. The van der Waals surface area contributed by atoms with Crippen LogP contribution in [-0.2, 0) is 16.4 Å². The Kier molecular flexibility index (Phi) is 8.31. The molecule has 1 aliphatic heterocycles. The van der Waals surface area contributed by atoms with Crippen molar-refractivity contribution in [2.75, 3.05) is 52.1 Å². The lowest BCUT2D eigenvalue weighted by molar-refractivity contribution is 0.172. The molecule has 8 heteroatoms. The van der Waals surface area contributed by atoms with E-state index in [-0.39, 0.29) is 0 Å². The third kappa shape index (κ3) is 7.25. The number of piperazine rings is 1. The zero-order valence-corrected chi connectivity index (χ0v) is 19.1. The highest BCUT2D eigenvalue weighted by Gasteiger charge is 2.19. The summed E-state index contributed by atoms with van der Waals surface area (Å²) >= 11 is 0. The van der Waals surface area contributed by atoms with Crippen molar-refractivity contribution in [2.24, 2.45) is 4.99 Å². The molecule has 1 heterocycles. The Morgan fingerprint density at radius 1 is 1.03 bits per heavy atom. The van der Waals surface area contributed by atoms with Crippen LogP contribution in [0.2, 0.25) is 0 Å². The molecule has 0 atom stereocenters. The zero-order chi connectivity index (χ0) is 22.1. The summed E-state index contributed by atoms with van der Waals surface area (Å²) in [6.07, 6.45) is 1.20. The average molecular weight is 445 g/mol. The predicted octanol–water partition coefficient (Wildman–Crippen LogP) is 2.25. The molecule has 31 heavy (non-hydrogen) atoms. The van der Waals surface area contributed by atoms with E-state index in [2.05, 4.69) is 52.4 Å². The number of nitrogens with one attached hydrogen (secondary N) is 1. The molecule has 0 saturated carbocycles. The number of benzene rings is 2. The molecule has 168 valence electrons. The van der Waals surface area contributed by atoms with Crippen LogP contribution in [0.3, 0.4) is 0 Å². The number of guanidine groups is 1. The predicted molar refractivity (Wildman–Crippen MR) is 124 cm³/mol. The maximum atomic E-state index is 11.5. The molecule has 1 aliphatic rings.